The topological polar surface area (TPSA) is 53.2 Å². The van der Waals surface area contributed by atoms with Gasteiger partial charge >= 0.3 is 5.69 Å². The first kappa shape index (κ1) is 14.7. The fraction of sp³-hybridized carbons (Fsp3) is 0.692. The second-order valence-electron chi connectivity index (χ2n) is 4.25. The Labute approximate surface area is 107 Å². The molecular weight excluding hydrogens is 232 g/mol. The van der Waals surface area contributed by atoms with Crippen LogP contribution in [0.3, 0.4) is 0 Å². The molecule has 0 atom stereocenters. The van der Waals surface area contributed by atoms with Gasteiger partial charge in [-0.2, -0.15) is 0 Å². The smallest absolute Gasteiger partial charge is 0.331 e. The van der Waals surface area contributed by atoms with Crippen LogP contribution in [0, 0.1) is 0 Å². The van der Waals surface area contributed by atoms with Gasteiger partial charge in [0.1, 0.15) is 0 Å². The summed E-state index contributed by atoms with van der Waals surface area (Å²) in [4.78, 5) is 23.6. The first-order valence-electron chi connectivity index (χ1n) is 6.58. The van der Waals surface area contributed by atoms with Crippen LogP contribution in [0.1, 0.15) is 33.1 Å². The van der Waals surface area contributed by atoms with Gasteiger partial charge in [-0.3, -0.25) is 9.36 Å². The Bertz CT molecular complexity index is 462. The molecule has 1 heterocycles. The van der Waals surface area contributed by atoms with Crippen LogP contribution in [0.5, 0.6) is 0 Å². The Balaban J connectivity index is 2.66. The van der Waals surface area contributed by atoms with Crippen LogP contribution >= 0.6 is 0 Å². The normalized spacial score (nSPS) is 10.8. The van der Waals surface area contributed by atoms with Gasteiger partial charge in [0.2, 0.25) is 0 Å². The molecular formula is C13H22N2O3. The first-order chi connectivity index (χ1) is 8.70. The lowest BCUT2D eigenvalue weighted by molar-refractivity contribution is 0.121. The van der Waals surface area contributed by atoms with Crippen LogP contribution in [0.25, 0.3) is 0 Å². The number of ether oxygens (including phenoxy) is 1. The molecule has 0 aliphatic rings. The number of aryl methyl sites for hydroxylation is 1. The van der Waals surface area contributed by atoms with Crippen molar-refractivity contribution in [1.29, 1.82) is 0 Å². The number of nitrogens with zero attached hydrogens (tertiary/aromatic N) is 2. The number of hydrogen-bond acceptors (Lipinski definition) is 3. The molecule has 1 aromatic heterocycles. The summed E-state index contributed by atoms with van der Waals surface area (Å²) in [6.07, 6.45) is 4.51. The molecule has 0 saturated heterocycles. The second-order valence-corrected chi connectivity index (χ2v) is 4.25. The fourth-order valence-electron chi connectivity index (χ4n) is 1.68. The molecule has 0 saturated carbocycles. The van der Waals surface area contributed by atoms with Crippen molar-refractivity contribution in [2.75, 3.05) is 13.2 Å². The summed E-state index contributed by atoms with van der Waals surface area (Å²) in [7, 11) is 0. The minimum atomic E-state index is -0.258. The minimum absolute atomic E-state index is 0.247. The maximum Gasteiger partial charge on any atom is 0.331 e. The van der Waals surface area contributed by atoms with E-state index in [1.807, 2.05) is 6.92 Å². The summed E-state index contributed by atoms with van der Waals surface area (Å²) < 4.78 is 8.18. The van der Waals surface area contributed by atoms with Crippen molar-refractivity contribution in [2.24, 2.45) is 0 Å². The molecule has 0 N–H and O–H groups in total. The van der Waals surface area contributed by atoms with Gasteiger partial charge < -0.3 is 9.30 Å². The van der Waals surface area contributed by atoms with E-state index in [1.165, 1.54) is 10.6 Å². The Morgan fingerprint density at radius 3 is 2.56 bits per heavy atom. The lowest BCUT2D eigenvalue weighted by atomic mass is 10.4. The highest BCUT2D eigenvalue weighted by atomic mass is 16.5. The third kappa shape index (κ3) is 4.14. The molecule has 0 aliphatic heterocycles. The molecule has 0 fully saturated rings. The number of aromatic nitrogens is 2. The molecule has 0 spiro atoms. The third-order valence-electron chi connectivity index (χ3n) is 2.71. The zero-order valence-corrected chi connectivity index (χ0v) is 11.2. The Kier molecular flexibility index (Phi) is 6.43. The van der Waals surface area contributed by atoms with Gasteiger partial charge in [0.25, 0.3) is 5.56 Å². The van der Waals surface area contributed by atoms with Crippen molar-refractivity contribution < 1.29 is 4.74 Å². The fourth-order valence-corrected chi connectivity index (χ4v) is 1.68. The SMILES string of the molecule is CCCCOCCn1c(=O)ccn(CCC)c1=O. The average molecular weight is 254 g/mol. The van der Waals surface area contributed by atoms with Crippen molar-refractivity contribution in [3.8, 4) is 0 Å². The van der Waals surface area contributed by atoms with Gasteiger partial charge in [-0.25, -0.2) is 4.79 Å². The summed E-state index contributed by atoms with van der Waals surface area (Å²) in [5.74, 6) is 0. The number of unbranched alkanes of at least 4 members (excludes halogenated alkanes) is 1. The van der Waals surface area contributed by atoms with Gasteiger partial charge in [0.05, 0.1) is 13.2 Å². The summed E-state index contributed by atoms with van der Waals surface area (Å²) >= 11 is 0. The molecule has 5 nitrogen and oxygen atoms in total. The van der Waals surface area contributed by atoms with Gasteiger partial charge in [0, 0.05) is 25.4 Å². The van der Waals surface area contributed by atoms with Crippen LogP contribution in [0.4, 0.5) is 0 Å². The predicted octanol–water partition coefficient (Wildman–Crippen LogP) is 1.24. The lowest BCUT2D eigenvalue weighted by Gasteiger charge is -2.09. The monoisotopic (exact) mass is 254 g/mol. The molecule has 5 heteroatoms. The third-order valence-corrected chi connectivity index (χ3v) is 2.71. The Hall–Kier alpha value is -1.36. The van der Waals surface area contributed by atoms with E-state index in [0.29, 0.717) is 26.3 Å². The molecule has 0 aromatic carbocycles. The molecule has 0 aliphatic carbocycles. The zero-order valence-electron chi connectivity index (χ0n) is 11.2. The lowest BCUT2D eigenvalue weighted by Crippen LogP contribution is -2.39. The predicted molar refractivity (Wildman–Crippen MR) is 71.0 cm³/mol. The van der Waals surface area contributed by atoms with Gasteiger partial charge in [-0.05, 0) is 12.8 Å². The van der Waals surface area contributed by atoms with Crippen LogP contribution in [0.15, 0.2) is 21.9 Å². The molecule has 0 radical (unpaired) electrons. The van der Waals surface area contributed by atoms with E-state index < -0.39 is 0 Å². The van der Waals surface area contributed by atoms with Crippen molar-refractivity contribution in [3.05, 3.63) is 33.1 Å². The van der Waals surface area contributed by atoms with E-state index in [-0.39, 0.29) is 11.2 Å². The highest BCUT2D eigenvalue weighted by Crippen LogP contribution is 1.88. The summed E-state index contributed by atoms with van der Waals surface area (Å²) in [6.45, 7) is 6.14. The molecule has 1 rings (SSSR count). The average Bonchev–Trinajstić information content (AvgIpc) is 2.36. The summed E-state index contributed by atoms with van der Waals surface area (Å²) in [5, 5.41) is 0. The highest BCUT2D eigenvalue weighted by molar-refractivity contribution is 4.86. The quantitative estimate of drug-likeness (QED) is 0.656. The summed E-state index contributed by atoms with van der Waals surface area (Å²) in [6, 6.07) is 1.43. The van der Waals surface area contributed by atoms with E-state index >= 15 is 0 Å². The van der Waals surface area contributed by atoms with E-state index in [0.717, 1.165) is 19.3 Å². The molecule has 102 valence electrons. The van der Waals surface area contributed by atoms with Crippen LogP contribution in [-0.2, 0) is 17.8 Å². The summed E-state index contributed by atoms with van der Waals surface area (Å²) in [5.41, 5.74) is -0.505. The molecule has 0 bridgehead atoms. The maximum absolute atomic E-state index is 12.0. The van der Waals surface area contributed by atoms with E-state index in [2.05, 4.69) is 6.92 Å². The van der Waals surface area contributed by atoms with Gasteiger partial charge in [-0.1, -0.05) is 20.3 Å². The van der Waals surface area contributed by atoms with Crippen LogP contribution in [0.2, 0.25) is 0 Å². The van der Waals surface area contributed by atoms with Crippen LogP contribution < -0.4 is 11.2 Å². The number of hydrogen-bond donors (Lipinski definition) is 0. The van der Waals surface area contributed by atoms with E-state index in [4.69, 9.17) is 4.74 Å². The van der Waals surface area contributed by atoms with Crippen LogP contribution in [-0.4, -0.2) is 22.3 Å². The van der Waals surface area contributed by atoms with Crippen molar-refractivity contribution in [2.45, 2.75) is 46.2 Å². The van der Waals surface area contributed by atoms with Crippen molar-refractivity contribution >= 4 is 0 Å². The van der Waals surface area contributed by atoms with Gasteiger partial charge in [-0.15, -0.1) is 0 Å². The first-order valence-corrected chi connectivity index (χ1v) is 6.58. The molecule has 1 aromatic rings. The Morgan fingerprint density at radius 2 is 1.89 bits per heavy atom. The van der Waals surface area contributed by atoms with E-state index in [9.17, 15) is 9.59 Å². The highest BCUT2D eigenvalue weighted by Gasteiger charge is 2.04. The second kappa shape index (κ2) is 7.87. The standard InChI is InChI=1S/C13H22N2O3/c1-3-5-10-18-11-9-15-12(16)6-8-14(7-4-2)13(15)17/h6,8H,3-5,7,9-11H2,1-2H3. The van der Waals surface area contributed by atoms with Crippen molar-refractivity contribution in [1.82, 2.24) is 9.13 Å². The zero-order chi connectivity index (χ0) is 13.4. The minimum Gasteiger partial charge on any atom is -0.380 e. The molecule has 0 unspecified atom stereocenters. The molecule has 0 amide bonds. The molecule has 18 heavy (non-hydrogen) atoms. The number of rotatable bonds is 8. The maximum atomic E-state index is 12.0. The van der Waals surface area contributed by atoms with E-state index in [1.54, 1.807) is 10.8 Å². The Morgan fingerprint density at radius 1 is 1.11 bits per heavy atom. The van der Waals surface area contributed by atoms with Crippen molar-refractivity contribution in [3.63, 3.8) is 0 Å². The van der Waals surface area contributed by atoms with Gasteiger partial charge in [0.15, 0.2) is 0 Å². The largest absolute Gasteiger partial charge is 0.380 e.